The van der Waals surface area contributed by atoms with Crippen molar-refractivity contribution in [2.24, 2.45) is 0 Å². The number of carbonyl (C=O) groups is 2. The highest BCUT2D eigenvalue weighted by molar-refractivity contribution is 5.92. The van der Waals surface area contributed by atoms with E-state index in [-0.39, 0.29) is 23.0 Å². The zero-order valence-corrected chi connectivity index (χ0v) is 18.9. The normalized spacial score (nSPS) is 10.8. The predicted molar refractivity (Wildman–Crippen MR) is 123 cm³/mol. The fraction of sp³-hybridized carbons (Fsp3) is 0.174. The Morgan fingerprint density at radius 1 is 0.971 bits per heavy atom. The lowest BCUT2D eigenvalue weighted by Crippen LogP contribution is -2.34. The van der Waals surface area contributed by atoms with Gasteiger partial charge in [-0.3, -0.25) is 20.6 Å². The Labute approximate surface area is 198 Å². The summed E-state index contributed by atoms with van der Waals surface area (Å²) in [6.45, 7) is 1.78. The summed E-state index contributed by atoms with van der Waals surface area (Å²) >= 11 is 0. The molecule has 184 valence electrons. The zero-order chi connectivity index (χ0) is 25.6. The molecule has 1 heterocycles. The molecule has 0 unspecified atom stereocenters. The smallest absolute Gasteiger partial charge is 0.416 e. The second kappa shape index (κ2) is 10.6. The average molecular weight is 489 g/mol. The van der Waals surface area contributed by atoms with Gasteiger partial charge in [0, 0.05) is 25.4 Å². The van der Waals surface area contributed by atoms with E-state index in [1.54, 1.807) is 31.2 Å². The Morgan fingerprint density at radius 3 is 2.40 bits per heavy atom. The van der Waals surface area contributed by atoms with E-state index in [1.807, 2.05) is 0 Å². The molecule has 3 amide bonds. The highest BCUT2D eigenvalue weighted by atomic mass is 19.4. The molecule has 0 radical (unpaired) electrons. The summed E-state index contributed by atoms with van der Waals surface area (Å²) in [5.41, 5.74) is 5.37. The number of benzene rings is 2. The number of rotatable bonds is 7. The number of pyridine rings is 1. The predicted octanol–water partition coefficient (Wildman–Crippen LogP) is 4.72. The minimum Gasteiger partial charge on any atom is -0.495 e. The van der Waals surface area contributed by atoms with E-state index in [0.717, 1.165) is 23.8 Å². The highest BCUT2D eigenvalue weighted by Crippen LogP contribution is 2.35. The first-order chi connectivity index (χ1) is 16.6. The van der Waals surface area contributed by atoms with E-state index in [0.29, 0.717) is 17.2 Å². The van der Waals surface area contributed by atoms with Crippen LogP contribution >= 0.6 is 0 Å². The number of anilines is 2. The van der Waals surface area contributed by atoms with Gasteiger partial charge in [0.15, 0.2) is 0 Å². The molecule has 3 aromatic rings. The van der Waals surface area contributed by atoms with Gasteiger partial charge in [0.25, 0.3) is 5.91 Å². The van der Waals surface area contributed by atoms with Crippen LogP contribution in [0.1, 0.15) is 21.6 Å². The molecule has 0 bridgehead atoms. The van der Waals surface area contributed by atoms with Gasteiger partial charge in [-0.1, -0.05) is 6.07 Å². The lowest BCUT2D eigenvalue weighted by Gasteiger charge is -2.16. The van der Waals surface area contributed by atoms with Gasteiger partial charge < -0.3 is 20.1 Å². The van der Waals surface area contributed by atoms with E-state index in [4.69, 9.17) is 9.47 Å². The fourth-order valence-corrected chi connectivity index (χ4v) is 2.92. The van der Waals surface area contributed by atoms with E-state index in [9.17, 15) is 22.8 Å². The summed E-state index contributed by atoms with van der Waals surface area (Å²) in [7, 11) is 2.76. The van der Waals surface area contributed by atoms with E-state index < -0.39 is 17.8 Å². The first-order valence-corrected chi connectivity index (χ1v) is 10.2. The second-order valence-corrected chi connectivity index (χ2v) is 7.15. The second-order valence-electron chi connectivity index (χ2n) is 7.15. The van der Waals surface area contributed by atoms with E-state index >= 15 is 0 Å². The molecule has 2 aromatic carbocycles. The van der Waals surface area contributed by atoms with Gasteiger partial charge >= 0.3 is 12.2 Å². The third kappa shape index (κ3) is 6.53. The lowest BCUT2D eigenvalue weighted by atomic mass is 10.2. The van der Waals surface area contributed by atoms with Crippen LogP contribution in [-0.2, 0) is 6.18 Å². The first-order valence-electron chi connectivity index (χ1n) is 10.2. The number of urea groups is 1. The minimum atomic E-state index is -4.58. The number of methoxy groups -OCH3 is 1. The maximum absolute atomic E-state index is 13.0. The molecule has 3 rings (SSSR count). The summed E-state index contributed by atoms with van der Waals surface area (Å²) in [5, 5.41) is 4.80. The van der Waals surface area contributed by atoms with Crippen LogP contribution in [-0.4, -0.2) is 31.1 Å². The number of hydrogen-bond acceptors (Lipinski definition) is 6. The van der Waals surface area contributed by atoms with Crippen LogP contribution in [0.15, 0.2) is 54.7 Å². The molecule has 0 aliphatic rings. The van der Waals surface area contributed by atoms with Gasteiger partial charge in [0.05, 0.1) is 24.0 Å². The van der Waals surface area contributed by atoms with Crippen LogP contribution in [0.3, 0.4) is 0 Å². The topological polar surface area (TPSA) is 114 Å². The van der Waals surface area contributed by atoms with Crippen molar-refractivity contribution in [2.75, 3.05) is 24.9 Å². The number of hydrogen-bond donors (Lipinski definition) is 4. The molecule has 9 nitrogen and oxygen atoms in total. The van der Waals surface area contributed by atoms with Gasteiger partial charge in [-0.05, 0) is 42.8 Å². The van der Waals surface area contributed by atoms with Crippen LogP contribution in [0.2, 0.25) is 0 Å². The number of carbonyl (C=O) groups excluding carboxylic acids is 2. The standard InChI is InChI=1S/C23H22F3N5O4/c1-13-4-6-15(35-16-8-9-28-19(12-16)21(32)27-2)11-17(13)30-31-22(33)29-18-10-14(23(24,25)26)5-7-20(18)34-3/h4-12,30H,1-3H3,(H,27,32)(H2,29,31,33). The molecular weight excluding hydrogens is 467 g/mol. The SMILES string of the molecule is CNC(=O)c1cc(Oc2ccc(C)c(NNC(=O)Nc3cc(C(F)(F)F)ccc3OC)c2)ccn1. The number of ether oxygens (including phenoxy) is 2. The van der Waals surface area contributed by atoms with Crippen molar-refractivity contribution in [2.45, 2.75) is 13.1 Å². The van der Waals surface area contributed by atoms with Crippen molar-refractivity contribution in [1.29, 1.82) is 0 Å². The molecule has 0 aliphatic heterocycles. The van der Waals surface area contributed by atoms with Crippen LogP contribution < -0.4 is 31.0 Å². The Bertz CT molecular complexity index is 1230. The Kier molecular flexibility index (Phi) is 7.64. The van der Waals surface area contributed by atoms with E-state index in [2.05, 4.69) is 26.5 Å². The number of hydrazine groups is 1. The molecule has 0 saturated heterocycles. The summed E-state index contributed by atoms with van der Waals surface area (Å²) < 4.78 is 49.8. The van der Waals surface area contributed by atoms with Crippen LogP contribution in [0.25, 0.3) is 0 Å². The monoisotopic (exact) mass is 489 g/mol. The number of halogens is 3. The summed E-state index contributed by atoms with van der Waals surface area (Å²) in [6.07, 6.45) is -3.15. The highest BCUT2D eigenvalue weighted by Gasteiger charge is 2.31. The maximum atomic E-state index is 13.0. The number of amides is 3. The average Bonchev–Trinajstić information content (AvgIpc) is 2.83. The Morgan fingerprint density at radius 2 is 1.71 bits per heavy atom. The van der Waals surface area contributed by atoms with Crippen molar-refractivity contribution < 1.29 is 32.2 Å². The molecule has 1 aromatic heterocycles. The number of aromatic nitrogens is 1. The van der Waals surface area contributed by atoms with Gasteiger partial charge in [0.2, 0.25) is 0 Å². The summed E-state index contributed by atoms with van der Waals surface area (Å²) in [4.78, 5) is 28.1. The minimum absolute atomic E-state index is 0.0632. The molecule has 0 aliphatic carbocycles. The zero-order valence-electron chi connectivity index (χ0n) is 18.9. The van der Waals surface area contributed by atoms with Gasteiger partial charge in [-0.2, -0.15) is 13.2 Å². The molecule has 12 heteroatoms. The van der Waals surface area contributed by atoms with Crippen molar-refractivity contribution in [1.82, 2.24) is 15.7 Å². The molecule has 0 fully saturated rings. The van der Waals surface area contributed by atoms with E-state index in [1.165, 1.54) is 26.4 Å². The van der Waals surface area contributed by atoms with Crippen LogP contribution in [0, 0.1) is 6.92 Å². The first kappa shape index (κ1) is 25.1. The van der Waals surface area contributed by atoms with Gasteiger partial charge in [0.1, 0.15) is 22.9 Å². The van der Waals surface area contributed by atoms with Crippen LogP contribution in [0.4, 0.5) is 29.3 Å². The third-order valence-electron chi connectivity index (χ3n) is 4.72. The number of aryl methyl sites for hydroxylation is 1. The molecular formula is C23H22F3N5O4. The van der Waals surface area contributed by atoms with Gasteiger partial charge in [-0.25, -0.2) is 4.79 Å². The number of alkyl halides is 3. The molecule has 0 spiro atoms. The molecule has 4 N–H and O–H groups in total. The summed E-state index contributed by atoms with van der Waals surface area (Å²) in [5.74, 6) is 0.465. The van der Waals surface area contributed by atoms with Crippen molar-refractivity contribution >= 4 is 23.3 Å². The third-order valence-corrected chi connectivity index (χ3v) is 4.72. The summed E-state index contributed by atoms with van der Waals surface area (Å²) in [6, 6.07) is 9.99. The fourth-order valence-electron chi connectivity index (χ4n) is 2.92. The van der Waals surface area contributed by atoms with Crippen molar-refractivity contribution in [3.05, 3.63) is 71.5 Å². The number of nitrogens with one attached hydrogen (secondary N) is 4. The Balaban J connectivity index is 1.69. The Hall–Kier alpha value is -4.48. The van der Waals surface area contributed by atoms with Gasteiger partial charge in [-0.15, -0.1) is 0 Å². The largest absolute Gasteiger partial charge is 0.495 e. The molecule has 0 atom stereocenters. The van der Waals surface area contributed by atoms with Crippen molar-refractivity contribution in [3.63, 3.8) is 0 Å². The quantitative estimate of drug-likeness (QED) is 0.357. The van der Waals surface area contributed by atoms with Crippen molar-refractivity contribution in [3.8, 4) is 17.2 Å². The molecule has 0 saturated carbocycles. The molecule has 35 heavy (non-hydrogen) atoms. The van der Waals surface area contributed by atoms with Crippen LogP contribution in [0.5, 0.6) is 17.2 Å². The maximum Gasteiger partial charge on any atom is 0.416 e. The number of nitrogens with zero attached hydrogens (tertiary/aromatic N) is 1. The lowest BCUT2D eigenvalue weighted by molar-refractivity contribution is -0.137.